The minimum atomic E-state index is -0.804. The number of nitrogens with zero attached hydrogens (tertiary/aromatic N) is 5. The predicted octanol–water partition coefficient (Wildman–Crippen LogP) is 5.09. The number of aromatic nitrogens is 2. The Morgan fingerprint density at radius 2 is 1.82 bits per heavy atom. The van der Waals surface area contributed by atoms with E-state index in [1.165, 1.54) is 27.5 Å². The lowest BCUT2D eigenvalue weighted by atomic mass is 9.98. The van der Waals surface area contributed by atoms with Crippen LogP contribution in [0.1, 0.15) is 53.0 Å². The minimum absolute atomic E-state index is 0.0446. The first-order valence-electron chi connectivity index (χ1n) is 13.3. The molecule has 2 amide bonds. The molecule has 1 fully saturated rings. The van der Waals surface area contributed by atoms with Crippen molar-refractivity contribution in [3.8, 4) is 5.69 Å². The van der Waals surface area contributed by atoms with Gasteiger partial charge in [0.05, 0.1) is 17.9 Å². The highest BCUT2D eigenvalue weighted by Crippen LogP contribution is 2.42. The first-order valence-corrected chi connectivity index (χ1v) is 13.7. The van der Waals surface area contributed by atoms with Crippen LogP contribution < -0.4 is 15.4 Å². The number of likely N-dealkylation sites (N-methyl/N-ethyl adjacent to an activating group) is 1. The van der Waals surface area contributed by atoms with Crippen molar-refractivity contribution < 1.29 is 18.7 Å². The first kappa shape index (κ1) is 27.9. The van der Waals surface area contributed by atoms with Gasteiger partial charge in [-0.1, -0.05) is 43.6 Å². The number of halogens is 2. The van der Waals surface area contributed by atoms with Gasteiger partial charge in [0, 0.05) is 25.0 Å². The van der Waals surface area contributed by atoms with Gasteiger partial charge in [0.2, 0.25) is 0 Å². The molecule has 0 radical (unpaired) electrons. The summed E-state index contributed by atoms with van der Waals surface area (Å²) in [5, 5.41) is -0.0140. The van der Waals surface area contributed by atoms with E-state index >= 15 is 4.39 Å². The number of hydrogen-bond donors (Lipinski definition) is 0. The van der Waals surface area contributed by atoms with E-state index in [9.17, 15) is 14.4 Å². The Morgan fingerprint density at radius 3 is 2.48 bits per heavy atom. The largest absolute Gasteiger partial charge is 0.444 e. The van der Waals surface area contributed by atoms with Gasteiger partial charge in [-0.3, -0.25) is 14.2 Å². The average Bonchev–Trinajstić information content (AvgIpc) is 2.86. The number of carbonyl (C=O) groups is 2. The van der Waals surface area contributed by atoms with E-state index in [0.29, 0.717) is 16.8 Å². The number of rotatable bonds is 2. The number of carbonyl (C=O) groups excluding carboxylic acids is 2. The third kappa shape index (κ3) is 4.48. The minimum Gasteiger partial charge on any atom is -0.444 e. The van der Waals surface area contributed by atoms with Gasteiger partial charge in [0.1, 0.15) is 17.3 Å². The number of para-hydroxylation sites is 1. The number of anilines is 2. The molecule has 2 aromatic heterocycles. The Hall–Kier alpha value is -3.66. The summed E-state index contributed by atoms with van der Waals surface area (Å²) >= 11 is 6.17. The van der Waals surface area contributed by atoms with Crippen LogP contribution in [-0.2, 0) is 9.53 Å². The smallest absolute Gasteiger partial charge is 0.410 e. The van der Waals surface area contributed by atoms with E-state index in [1.54, 1.807) is 31.7 Å². The topological polar surface area (TPSA) is 88.0 Å². The second-order valence-corrected chi connectivity index (χ2v) is 12.1. The normalized spacial score (nSPS) is 19.2. The highest BCUT2D eigenvalue weighted by Gasteiger charge is 2.47. The third-order valence-electron chi connectivity index (χ3n) is 7.41. The summed E-state index contributed by atoms with van der Waals surface area (Å²) in [5.74, 6) is -1.03. The Kier molecular flexibility index (Phi) is 6.81. The van der Waals surface area contributed by atoms with Crippen LogP contribution in [0.3, 0.4) is 0 Å². The molecular weight excluding hydrogens is 537 g/mol. The zero-order valence-corrected chi connectivity index (χ0v) is 24.4. The van der Waals surface area contributed by atoms with Crippen molar-refractivity contribution in [3.63, 3.8) is 0 Å². The Labute approximate surface area is 237 Å². The molecular formula is C29H33ClFN5O4. The van der Waals surface area contributed by atoms with Gasteiger partial charge < -0.3 is 19.4 Å². The summed E-state index contributed by atoms with van der Waals surface area (Å²) < 4.78 is 22.0. The summed E-state index contributed by atoms with van der Waals surface area (Å²) in [6.45, 7) is 11.5. The molecule has 9 nitrogen and oxygen atoms in total. The van der Waals surface area contributed by atoms with E-state index in [4.69, 9.17) is 16.3 Å². The molecule has 2 atom stereocenters. The molecule has 11 heteroatoms. The lowest BCUT2D eigenvalue weighted by Gasteiger charge is -2.49. The van der Waals surface area contributed by atoms with E-state index < -0.39 is 29.1 Å². The Balaban J connectivity index is 1.76. The fraction of sp³-hybridized carbons (Fsp3) is 0.448. The van der Waals surface area contributed by atoms with Crippen LogP contribution in [0.5, 0.6) is 0 Å². The number of amides is 2. The maximum atomic E-state index is 15.0. The summed E-state index contributed by atoms with van der Waals surface area (Å²) in [6.07, 6.45) is -0.522. The molecule has 0 unspecified atom stereocenters. The van der Waals surface area contributed by atoms with Gasteiger partial charge in [0.25, 0.3) is 11.5 Å². The molecule has 4 heterocycles. The summed E-state index contributed by atoms with van der Waals surface area (Å²) in [7, 11) is 1.53. The lowest BCUT2D eigenvalue weighted by molar-refractivity contribution is -0.121. The van der Waals surface area contributed by atoms with Crippen LogP contribution in [-0.4, -0.2) is 64.3 Å². The summed E-state index contributed by atoms with van der Waals surface area (Å²) in [6, 6.07) is 7.52. The third-order valence-corrected chi connectivity index (χ3v) is 7.68. The molecule has 0 spiro atoms. The maximum absolute atomic E-state index is 15.0. The highest BCUT2D eigenvalue weighted by atomic mass is 35.5. The molecule has 0 saturated carbocycles. The molecule has 0 aliphatic carbocycles. The maximum Gasteiger partial charge on any atom is 0.410 e. The Morgan fingerprint density at radius 1 is 1.15 bits per heavy atom. The van der Waals surface area contributed by atoms with Crippen LogP contribution in [0.15, 0.2) is 35.1 Å². The average molecular weight is 570 g/mol. The second kappa shape index (κ2) is 9.76. The van der Waals surface area contributed by atoms with E-state index in [-0.39, 0.29) is 47.4 Å². The standard InChI is InChI=1S/C29H33ClFN5O4/c1-15(2)17-10-8-9-11-20(17)36-25-18(12-19(31)24(30)32-25)22-23(27(36)38)33(7)26(37)21-14-34(16(3)13-35(21)22)28(39)40-29(4,5)6/h8-12,15-16,21H,13-14H2,1-7H3/t16-,21-/m1/s1. The number of hydrogen-bond acceptors (Lipinski definition) is 6. The van der Waals surface area contributed by atoms with E-state index in [2.05, 4.69) is 4.98 Å². The van der Waals surface area contributed by atoms with E-state index in [1.807, 2.05) is 39.0 Å². The van der Waals surface area contributed by atoms with Crippen molar-refractivity contribution in [1.29, 1.82) is 0 Å². The fourth-order valence-corrected chi connectivity index (χ4v) is 5.71. The number of fused-ring (bicyclic) bond motifs is 5. The van der Waals surface area contributed by atoms with Gasteiger partial charge in [-0.05, 0) is 51.3 Å². The lowest BCUT2D eigenvalue weighted by Crippen LogP contribution is -2.66. The molecule has 40 heavy (non-hydrogen) atoms. The van der Waals surface area contributed by atoms with Crippen LogP contribution in [0, 0.1) is 5.82 Å². The molecule has 1 aromatic carbocycles. The first-order chi connectivity index (χ1) is 18.7. The predicted molar refractivity (Wildman–Crippen MR) is 153 cm³/mol. The summed E-state index contributed by atoms with van der Waals surface area (Å²) in [4.78, 5) is 50.1. The SMILES string of the molecule is CC(C)c1ccccc1-n1c(=O)c2c(c3cc(F)c(Cl)nc31)N1C[C@@H](C)N(C(=O)OC(C)(C)C)C[C@@H]1C(=O)N2C. The van der Waals surface area contributed by atoms with Crippen molar-refractivity contribution in [3.05, 3.63) is 57.2 Å². The summed E-state index contributed by atoms with van der Waals surface area (Å²) in [5.41, 5.74) is 0.989. The molecule has 3 aromatic rings. The monoisotopic (exact) mass is 569 g/mol. The van der Waals surface area contributed by atoms with Gasteiger partial charge >= 0.3 is 6.09 Å². The number of piperazine rings is 1. The Bertz CT molecular complexity index is 1600. The van der Waals surface area contributed by atoms with Gasteiger partial charge in [-0.15, -0.1) is 0 Å². The molecule has 1 saturated heterocycles. The highest BCUT2D eigenvalue weighted by molar-refractivity contribution is 6.30. The van der Waals surface area contributed by atoms with Crippen LogP contribution in [0.25, 0.3) is 16.7 Å². The van der Waals surface area contributed by atoms with Gasteiger partial charge in [-0.25, -0.2) is 14.2 Å². The number of ether oxygens (including phenoxy) is 1. The molecule has 2 aliphatic heterocycles. The van der Waals surface area contributed by atoms with Crippen molar-refractivity contribution in [1.82, 2.24) is 14.5 Å². The number of benzene rings is 1. The molecule has 5 rings (SSSR count). The van der Waals surface area contributed by atoms with E-state index in [0.717, 1.165) is 5.56 Å². The molecule has 2 aliphatic rings. The zero-order chi connectivity index (χ0) is 29.3. The molecule has 0 bridgehead atoms. The van der Waals surface area contributed by atoms with Crippen LogP contribution in [0.4, 0.5) is 20.6 Å². The van der Waals surface area contributed by atoms with Crippen LogP contribution >= 0.6 is 11.6 Å². The number of pyridine rings is 2. The van der Waals surface area contributed by atoms with Gasteiger partial charge in [0.15, 0.2) is 16.6 Å². The van der Waals surface area contributed by atoms with Gasteiger partial charge in [-0.2, -0.15) is 0 Å². The van der Waals surface area contributed by atoms with Crippen molar-refractivity contribution in [2.24, 2.45) is 0 Å². The molecule has 212 valence electrons. The van der Waals surface area contributed by atoms with Crippen molar-refractivity contribution in [2.45, 2.75) is 65.1 Å². The quantitative estimate of drug-likeness (QED) is 0.399. The fourth-order valence-electron chi connectivity index (χ4n) is 5.57. The van der Waals surface area contributed by atoms with Crippen molar-refractivity contribution >= 4 is 46.0 Å². The van der Waals surface area contributed by atoms with Crippen LogP contribution in [0.2, 0.25) is 5.15 Å². The van der Waals surface area contributed by atoms with Crippen molar-refractivity contribution in [2.75, 3.05) is 29.9 Å². The zero-order valence-electron chi connectivity index (χ0n) is 23.7. The second-order valence-electron chi connectivity index (χ2n) is 11.7. The molecule has 0 N–H and O–H groups in total.